The van der Waals surface area contributed by atoms with Gasteiger partial charge in [-0.15, -0.1) is 0 Å². The molecule has 1 saturated heterocycles. The standard InChI is InChI=1S/C33H46N4O/c1-3-30(27-14-6-4-7-15-27)32(38)34-20-11-18-29-24-37-31(28-16-8-5-9-17-28)23-35-33(37)36(29)21-19-26-13-10-12-25(2)22-26/h4,6-7,10,12-15,22,28-31H,3,5,8-9,11,16-21,23-24H2,1-2H3,(H,34,38)/t29-,30?,31+/m0/s1. The molecule has 3 atom stereocenters. The first kappa shape index (κ1) is 26.8. The van der Waals surface area contributed by atoms with Crippen molar-refractivity contribution in [1.82, 2.24) is 15.1 Å². The number of fused-ring (bicyclic) bond motifs is 1. The molecule has 5 heteroatoms. The van der Waals surface area contributed by atoms with Gasteiger partial charge in [-0.05, 0) is 62.5 Å². The fourth-order valence-electron chi connectivity index (χ4n) is 6.97. The van der Waals surface area contributed by atoms with E-state index >= 15 is 0 Å². The molecule has 0 radical (unpaired) electrons. The molecule has 1 aliphatic carbocycles. The van der Waals surface area contributed by atoms with Crippen LogP contribution in [0, 0.1) is 12.8 Å². The topological polar surface area (TPSA) is 47.9 Å². The fourth-order valence-corrected chi connectivity index (χ4v) is 6.97. The second-order valence-corrected chi connectivity index (χ2v) is 11.6. The van der Waals surface area contributed by atoms with E-state index in [0.717, 1.165) is 63.3 Å². The lowest BCUT2D eigenvalue weighted by Crippen LogP contribution is -2.41. The predicted octanol–water partition coefficient (Wildman–Crippen LogP) is 5.93. The van der Waals surface area contributed by atoms with E-state index < -0.39 is 0 Å². The summed E-state index contributed by atoms with van der Waals surface area (Å²) in [7, 11) is 0. The molecule has 2 aromatic carbocycles. The van der Waals surface area contributed by atoms with Gasteiger partial charge in [-0.3, -0.25) is 9.79 Å². The highest BCUT2D eigenvalue weighted by atomic mass is 16.1. The number of nitrogens with zero attached hydrogens (tertiary/aromatic N) is 3. The van der Waals surface area contributed by atoms with Gasteiger partial charge < -0.3 is 15.1 Å². The van der Waals surface area contributed by atoms with Crippen molar-refractivity contribution < 1.29 is 4.79 Å². The van der Waals surface area contributed by atoms with Crippen molar-refractivity contribution in [1.29, 1.82) is 0 Å². The zero-order chi connectivity index (χ0) is 26.3. The summed E-state index contributed by atoms with van der Waals surface area (Å²) in [5.41, 5.74) is 3.84. The largest absolute Gasteiger partial charge is 0.356 e. The molecular weight excluding hydrogens is 468 g/mol. The molecule has 1 unspecified atom stereocenters. The van der Waals surface area contributed by atoms with Crippen molar-refractivity contribution in [3.8, 4) is 0 Å². The Balaban J connectivity index is 1.19. The molecule has 3 aliphatic rings. The molecule has 2 heterocycles. The molecule has 1 saturated carbocycles. The van der Waals surface area contributed by atoms with Gasteiger partial charge in [-0.25, -0.2) is 0 Å². The van der Waals surface area contributed by atoms with Crippen LogP contribution < -0.4 is 5.32 Å². The van der Waals surface area contributed by atoms with Gasteiger partial charge in [0.1, 0.15) is 0 Å². The minimum atomic E-state index is -0.0652. The first-order valence-electron chi connectivity index (χ1n) is 15.1. The van der Waals surface area contributed by atoms with Crippen LogP contribution in [0.4, 0.5) is 0 Å². The van der Waals surface area contributed by atoms with Crippen LogP contribution in [0.3, 0.4) is 0 Å². The third kappa shape index (κ3) is 6.24. The van der Waals surface area contributed by atoms with Crippen molar-refractivity contribution in [2.75, 3.05) is 26.2 Å². The van der Waals surface area contributed by atoms with E-state index in [1.54, 1.807) is 0 Å². The summed E-state index contributed by atoms with van der Waals surface area (Å²) in [5.74, 6) is 2.14. The van der Waals surface area contributed by atoms with Gasteiger partial charge >= 0.3 is 0 Å². The van der Waals surface area contributed by atoms with Crippen LogP contribution in [-0.4, -0.2) is 59.9 Å². The summed E-state index contributed by atoms with van der Waals surface area (Å²) in [5, 5.41) is 3.24. The summed E-state index contributed by atoms with van der Waals surface area (Å²) in [6.45, 7) is 8.08. The van der Waals surface area contributed by atoms with Gasteiger partial charge in [0.2, 0.25) is 5.91 Å². The highest BCUT2D eigenvalue weighted by Gasteiger charge is 2.44. The molecule has 0 spiro atoms. The van der Waals surface area contributed by atoms with Crippen molar-refractivity contribution in [3.63, 3.8) is 0 Å². The lowest BCUT2D eigenvalue weighted by molar-refractivity contribution is -0.122. The van der Waals surface area contributed by atoms with Crippen LogP contribution >= 0.6 is 0 Å². The first-order valence-corrected chi connectivity index (χ1v) is 15.1. The lowest BCUT2D eigenvalue weighted by Gasteiger charge is -2.33. The molecule has 5 rings (SSSR count). The van der Waals surface area contributed by atoms with E-state index in [1.165, 1.54) is 49.2 Å². The Bertz CT molecular complexity index is 1080. The van der Waals surface area contributed by atoms with Crippen LogP contribution in [0.25, 0.3) is 0 Å². The van der Waals surface area contributed by atoms with Crippen molar-refractivity contribution in [2.45, 2.75) is 89.6 Å². The second-order valence-electron chi connectivity index (χ2n) is 11.6. The summed E-state index contributed by atoms with van der Waals surface area (Å²) >= 11 is 0. The van der Waals surface area contributed by atoms with Crippen LogP contribution in [0.1, 0.15) is 80.9 Å². The number of carbonyl (C=O) groups is 1. The SMILES string of the molecule is CCC(C(=O)NCCC[C@H]1CN2C(=NC[C@@H]2C2CCCCC2)N1CCc1cccc(C)c1)c1ccccc1. The number of aryl methyl sites for hydroxylation is 1. The van der Waals surface area contributed by atoms with Gasteiger partial charge in [-0.2, -0.15) is 0 Å². The van der Waals surface area contributed by atoms with E-state index in [9.17, 15) is 4.79 Å². The van der Waals surface area contributed by atoms with E-state index in [0.29, 0.717) is 12.1 Å². The molecule has 0 bridgehead atoms. The Morgan fingerprint density at radius 3 is 2.66 bits per heavy atom. The van der Waals surface area contributed by atoms with E-state index in [4.69, 9.17) is 4.99 Å². The Labute approximate surface area is 229 Å². The molecule has 38 heavy (non-hydrogen) atoms. The number of amides is 1. The van der Waals surface area contributed by atoms with E-state index in [-0.39, 0.29) is 11.8 Å². The Hall–Kier alpha value is -2.82. The lowest BCUT2D eigenvalue weighted by atomic mass is 9.83. The number of nitrogens with one attached hydrogen (secondary N) is 1. The van der Waals surface area contributed by atoms with Crippen molar-refractivity contribution in [3.05, 3.63) is 71.3 Å². The molecule has 1 amide bonds. The number of benzene rings is 2. The molecule has 2 aromatic rings. The number of rotatable bonds is 11. The molecule has 204 valence electrons. The molecule has 5 nitrogen and oxygen atoms in total. The van der Waals surface area contributed by atoms with Gasteiger partial charge in [0.05, 0.1) is 18.5 Å². The fraction of sp³-hybridized carbons (Fsp3) is 0.576. The van der Waals surface area contributed by atoms with Crippen LogP contribution in [-0.2, 0) is 11.2 Å². The molecular formula is C33H46N4O. The summed E-state index contributed by atoms with van der Waals surface area (Å²) in [4.78, 5) is 23.4. The Morgan fingerprint density at radius 2 is 1.89 bits per heavy atom. The Kier molecular flexibility index (Phi) is 9.03. The average Bonchev–Trinajstić information content (AvgIpc) is 3.50. The molecule has 2 fully saturated rings. The highest BCUT2D eigenvalue weighted by molar-refractivity contribution is 5.85. The first-order chi connectivity index (χ1) is 18.6. The monoisotopic (exact) mass is 514 g/mol. The van der Waals surface area contributed by atoms with Crippen molar-refractivity contribution >= 4 is 11.9 Å². The second kappa shape index (κ2) is 12.8. The molecule has 1 N–H and O–H groups in total. The maximum absolute atomic E-state index is 13.0. The average molecular weight is 515 g/mol. The number of carbonyl (C=O) groups excluding carboxylic acids is 1. The van der Waals surface area contributed by atoms with Gasteiger partial charge in [-0.1, -0.05) is 86.3 Å². The number of guanidine groups is 1. The summed E-state index contributed by atoms with van der Waals surface area (Å²) in [6, 6.07) is 20.2. The minimum Gasteiger partial charge on any atom is -0.356 e. The maximum Gasteiger partial charge on any atom is 0.227 e. The Morgan fingerprint density at radius 1 is 1.08 bits per heavy atom. The third-order valence-electron chi connectivity index (χ3n) is 9.04. The number of aliphatic imine (C=N–C) groups is 1. The summed E-state index contributed by atoms with van der Waals surface area (Å²) in [6.07, 6.45) is 10.8. The number of hydrogen-bond acceptors (Lipinski definition) is 4. The highest BCUT2D eigenvalue weighted by Crippen LogP contribution is 2.35. The molecule has 2 aliphatic heterocycles. The zero-order valence-corrected chi connectivity index (χ0v) is 23.4. The predicted molar refractivity (Wildman–Crippen MR) is 156 cm³/mol. The normalized spacial score (nSPS) is 22.3. The van der Waals surface area contributed by atoms with Gasteiger partial charge in [0.25, 0.3) is 0 Å². The number of hydrogen-bond donors (Lipinski definition) is 1. The van der Waals surface area contributed by atoms with E-state index in [2.05, 4.69) is 65.4 Å². The third-order valence-corrected chi connectivity index (χ3v) is 9.04. The van der Waals surface area contributed by atoms with Crippen molar-refractivity contribution in [2.24, 2.45) is 10.9 Å². The van der Waals surface area contributed by atoms with Gasteiger partial charge in [0.15, 0.2) is 5.96 Å². The molecule has 0 aromatic heterocycles. The van der Waals surface area contributed by atoms with Crippen LogP contribution in [0.2, 0.25) is 0 Å². The minimum absolute atomic E-state index is 0.0652. The van der Waals surface area contributed by atoms with Crippen LogP contribution in [0.5, 0.6) is 0 Å². The maximum atomic E-state index is 13.0. The smallest absolute Gasteiger partial charge is 0.227 e. The zero-order valence-electron chi connectivity index (χ0n) is 23.4. The summed E-state index contributed by atoms with van der Waals surface area (Å²) < 4.78 is 0. The van der Waals surface area contributed by atoms with Crippen LogP contribution in [0.15, 0.2) is 59.6 Å². The van der Waals surface area contributed by atoms with Gasteiger partial charge in [0, 0.05) is 25.7 Å². The quantitative estimate of drug-likeness (QED) is 0.378. The van der Waals surface area contributed by atoms with E-state index in [1.807, 2.05) is 18.2 Å².